The summed E-state index contributed by atoms with van der Waals surface area (Å²) in [5, 5.41) is 3.51. The molecule has 0 spiro atoms. The van der Waals surface area contributed by atoms with Gasteiger partial charge in [0.25, 0.3) is 0 Å². The third-order valence-electron chi connectivity index (χ3n) is 5.47. The molecule has 170 valence electrons. The van der Waals surface area contributed by atoms with Crippen LogP contribution in [0.3, 0.4) is 0 Å². The molecule has 2 aromatic rings. The summed E-state index contributed by atoms with van der Waals surface area (Å²) in [6.45, 7) is 2.91. The molecular weight excluding hydrogens is 398 g/mol. The number of rotatable bonds is 12. The highest BCUT2D eigenvalue weighted by atomic mass is 16.7. The van der Waals surface area contributed by atoms with Crippen molar-refractivity contribution in [3.8, 4) is 23.0 Å². The van der Waals surface area contributed by atoms with E-state index in [2.05, 4.69) is 11.4 Å². The molecule has 0 amide bonds. The monoisotopic (exact) mass is 431 g/mol. The van der Waals surface area contributed by atoms with Crippen molar-refractivity contribution in [3.63, 3.8) is 0 Å². The van der Waals surface area contributed by atoms with Crippen molar-refractivity contribution >= 4 is 0 Å². The number of methoxy groups -OCH3 is 4. The summed E-state index contributed by atoms with van der Waals surface area (Å²) in [5.41, 5.74) is 2.15. The van der Waals surface area contributed by atoms with E-state index < -0.39 is 5.79 Å². The number of hydrogen-bond acceptors (Lipinski definition) is 7. The van der Waals surface area contributed by atoms with Gasteiger partial charge in [-0.3, -0.25) is 0 Å². The molecule has 0 aliphatic carbocycles. The minimum absolute atomic E-state index is 0.584. The lowest BCUT2D eigenvalue weighted by Gasteiger charge is -2.28. The molecule has 7 heteroatoms. The van der Waals surface area contributed by atoms with Gasteiger partial charge in [-0.15, -0.1) is 0 Å². The molecule has 0 aromatic heterocycles. The van der Waals surface area contributed by atoms with Crippen molar-refractivity contribution in [2.24, 2.45) is 0 Å². The fourth-order valence-electron chi connectivity index (χ4n) is 3.82. The Morgan fingerprint density at radius 2 is 1.39 bits per heavy atom. The molecule has 1 heterocycles. The number of hydrogen-bond donors (Lipinski definition) is 1. The Hall–Kier alpha value is -2.48. The lowest BCUT2D eigenvalue weighted by atomic mass is 9.99. The standard InChI is InChI=1S/C24H33NO6/c1-26-20-8-6-18(16-22(20)28-3)10-13-25-12-5-11-24(30-14-15-31-24)19-7-9-21(27-2)23(17-19)29-4/h6-9,16-17,25H,5,10-15H2,1-4H3. The van der Waals surface area contributed by atoms with Crippen LogP contribution in [0.1, 0.15) is 24.0 Å². The van der Waals surface area contributed by atoms with Gasteiger partial charge in [0, 0.05) is 12.0 Å². The largest absolute Gasteiger partial charge is 0.493 e. The van der Waals surface area contributed by atoms with Crippen molar-refractivity contribution in [3.05, 3.63) is 47.5 Å². The molecule has 7 nitrogen and oxygen atoms in total. The first-order valence-corrected chi connectivity index (χ1v) is 10.6. The molecule has 0 unspecified atom stereocenters. The van der Waals surface area contributed by atoms with Crippen LogP contribution in [0.5, 0.6) is 23.0 Å². The summed E-state index contributed by atoms with van der Waals surface area (Å²) in [7, 11) is 6.56. The molecule has 0 saturated carbocycles. The van der Waals surface area contributed by atoms with Crippen molar-refractivity contribution in [1.29, 1.82) is 0 Å². The Morgan fingerprint density at radius 3 is 2.03 bits per heavy atom. The maximum Gasteiger partial charge on any atom is 0.195 e. The Morgan fingerprint density at radius 1 is 0.774 bits per heavy atom. The predicted molar refractivity (Wildman–Crippen MR) is 118 cm³/mol. The van der Waals surface area contributed by atoms with E-state index in [-0.39, 0.29) is 0 Å². The molecule has 1 saturated heterocycles. The SMILES string of the molecule is COc1ccc(CCNCCCC2(c3ccc(OC)c(OC)c3)OCCO2)cc1OC. The van der Waals surface area contributed by atoms with Crippen LogP contribution >= 0.6 is 0 Å². The second-order valence-corrected chi connectivity index (χ2v) is 7.31. The van der Waals surface area contributed by atoms with Gasteiger partial charge < -0.3 is 33.7 Å². The van der Waals surface area contributed by atoms with E-state index in [0.717, 1.165) is 49.4 Å². The normalized spacial score (nSPS) is 15.0. The van der Waals surface area contributed by atoms with Gasteiger partial charge in [-0.25, -0.2) is 0 Å². The highest BCUT2D eigenvalue weighted by molar-refractivity contribution is 5.44. The smallest absolute Gasteiger partial charge is 0.195 e. The zero-order chi connectivity index (χ0) is 22.1. The van der Waals surface area contributed by atoms with Gasteiger partial charge >= 0.3 is 0 Å². The van der Waals surface area contributed by atoms with Crippen molar-refractivity contribution in [2.75, 3.05) is 54.7 Å². The summed E-state index contributed by atoms with van der Waals surface area (Å²) in [6.07, 6.45) is 2.58. The molecule has 1 fully saturated rings. The van der Waals surface area contributed by atoms with Crippen molar-refractivity contribution in [1.82, 2.24) is 5.32 Å². The lowest BCUT2D eigenvalue weighted by Crippen LogP contribution is -2.29. The van der Waals surface area contributed by atoms with Gasteiger partial charge in [0.05, 0.1) is 41.7 Å². The van der Waals surface area contributed by atoms with Gasteiger partial charge in [0.15, 0.2) is 28.8 Å². The number of benzene rings is 2. The third-order valence-corrected chi connectivity index (χ3v) is 5.47. The van der Waals surface area contributed by atoms with Crippen LogP contribution in [0.2, 0.25) is 0 Å². The fourth-order valence-corrected chi connectivity index (χ4v) is 3.82. The van der Waals surface area contributed by atoms with E-state index >= 15 is 0 Å². The van der Waals surface area contributed by atoms with Crippen LogP contribution in [0.15, 0.2) is 36.4 Å². The zero-order valence-electron chi connectivity index (χ0n) is 18.9. The average Bonchev–Trinajstić information content (AvgIpc) is 3.30. The van der Waals surface area contributed by atoms with Crippen LogP contribution in [-0.4, -0.2) is 54.7 Å². The van der Waals surface area contributed by atoms with Gasteiger partial charge in [0.1, 0.15) is 0 Å². The minimum atomic E-state index is -0.732. The Kier molecular flexibility index (Phi) is 8.40. The van der Waals surface area contributed by atoms with E-state index in [1.807, 2.05) is 30.3 Å². The first-order chi connectivity index (χ1) is 15.2. The third kappa shape index (κ3) is 5.61. The van der Waals surface area contributed by atoms with E-state index in [1.165, 1.54) is 5.56 Å². The molecule has 0 bridgehead atoms. The molecule has 0 radical (unpaired) electrons. The number of nitrogens with one attached hydrogen (secondary N) is 1. The summed E-state index contributed by atoms with van der Waals surface area (Å²) in [4.78, 5) is 0. The van der Waals surface area contributed by atoms with Crippen molar-refractivity contribution in [2.45, 2.75) is 25.0 Å². The van der Waals surface area contributed by atoms with E-state index in [1.54, 1.807) is 28.4 Å². The van der Waals surface area contributed by atoms with Crippen LogP contribution in [0.25, 0.3) is 0 Å². The molecular formula is C24H33NO6. The maximum atomic E-state index is 6.05. The van der Waals surface area contributed by atoms with E-state index in [4.69, 9.17) is 28.4 Å². The molecule has 31 heavy (non-hydrogen) atoms. The van der Waals surface area contributed by atoms with Crippen LogP contribution in [0.4, 0.5) is 0 Å². The van der Waals surface area contributed by atoms with Crippen molar-refractivity contribution < 1.29 is 28.4 Å². The van der Waals surface area contributed by atoms with Gasteiger partial charge in [-0.05, 0) is 61.8 Å². The van der Waals surface area contributed by atoms with Crippen LogP contribution in [-0.2, 0) is 21.7 Å². The predicted octanol–water partition coefficient (Wildman–Crippen LogP) is 3.53. The van der Waals surface area contributed by atoms with Crippen LogP contribution in [0, 0.1) is 0 Å². The molecule has 0 atom stereocenters. The summed E-state index contributed by atoms with van der Waals surface area (Å²) < 4.78 is 33.6. The molecule has 1 N–H and O–H groups in total. The Bertz CT molecular complexity index is 835. The quantitative estimate of drug-likeness (QED) is 0.516. The Balaban J connectivity index is 1.50. The van der Waals surface area contributed by atoms with Crippen LogP contribution < -0.4 is 24.3 Å². The highest BCUT2D eigenvalue weighted by Gasteiger charge is 2.38. The minimum Gasteiger partial charge on any atom is -0.493 e. The first-order valence-electron chi connectivity index (χ1n) is 10.6. The van der Waals surface area contributed by atoms with Gasteiger partial charge in [-0.1, -0.05) is 6.07 Å². The maximum absolute atomic E-state index is 6.05. The highest BCUT2D eigenvalue weighted by Crippen LogP contribution is 2.39. The van der Waals surface area contributed by atoms with Gasteiger partial charge in [-0.2, -0.15) is 0 Å². The Labute approximate surface area is 184 Å². The fraction of sp³-hybridized carbons (Fsp3) is 0.500. The summed E-state index contributed by atoms with van der Waals surface area (Å²) in [6, 6.07) is 11.8. The molecule has 2 aromatic carbocycles. The topological polar surface area (TPSA) is 67.4 Å². The molecule has 1 aliphatic rings. The lowest BCUT2D eigenvalue weighted by molar-refractivity contribution is -0.171. The summed E-state index contributed by atoms with van der Waals surface area (Å²) in [5.74, 6) is 2.14. The summed E-state index contributed by atoms with van der Waals surface area (Å²) >= 11 is 0. The van der Waals surface area contributed by atoms with Gasteiger partial charge in [0.2, 0.25) is 0 Å². The second kappa shape index (κ2) is 11.2. The first kappa shape index (κ1) is 23.2. The molecule has 1 aliphatic heterocycles. The number of ether oxygens (including phenoxy) is 6. The zero-order valence-corrected chi connectivity index (χ0v) is 18.9. The average molecular weight is 432 g/mol. The second-order valence-electron chi connectivity index (χ2n) is 7.31. The van der Waals surface area contributed by atoms with E-state index in [9.17, 15) is 0 Å². The molecule has 3 rings (SSSR count). The van der Waals surface area contributed by atoms with E-state index in [0.29, 0.717) is 24.7 Å².